The summed E-state index contributed by atoms with van der Waals surface area (Å²) in [7, 11) is -1.83. The first-order valence-electron chi connectivity index (χ1n) is 13.3. The molecule has 0 aromatic heterocycles. The summed E-state index contributed by atoms with van der Waals surface area (Å²) < 4.78 is 49.6. The average Bonchev–Trinajstić information content (AvgIpc) is 3.50. The van der Waals surface area contributed by atoms with Crippen molar-refractivity contribution in [3.63, 3.8) is 0 Å². The minimum Gasteiger partial charge on any atom is -0.497 e. The Morgan fingerprint density at radius 2 is 1.82 bits per heavy atom. The molecule has 39 heavy (non-hydrogen) atoms. The summed E-state index contributed by atoms with van der Waals surface area (Å²) >= 11 is 0. The number of nitrogens with zero attached hydrogens (tertiary/aromatic N) is 2. The highest BCUT2D eigenvalue weighted by atomic mass is 32.2. The average molecular weight is 563 g/mol. The number of rotatable bonds is 12. The van der Waals surface area contributed by atoms with Crippen LogP contribution in [0.2, 0.25) is 0 Å². The van der Waals surface area contributed by atoms with E-state index in [-0.39, 0.29) is 24.4 Å². The molecule has 1 fully saturated rings. The van der Waals surface area contributed by atoms with Crippen LogP contribution in [-0.2, 0) is 14.8 Å². The molecule has 214 valence electrons. The Morgan fingerprint density at radius 1 is 1.13 bits per heavy atom. The van der Waals surface area contributed by atoms with Crippen molar-refractivity contribution in [1.82, 2.24) is 9.21 Å². The van der Waals surface area contributed by atoms with Gasteiger partial charge < -0.3 is 24.1 Å². The van der Waals surface area contributed by atoms with Crippen molar-refractivity contribution in [1.29, 1.82) is 0 Å². The summed E-state index contributed by atoms with van der Waals surface area (Å²) in [6, 6.07) is 12.6. The maximum atomic E-state index is 13.1. The molecule has 0 unspecified atom stereocenters. The molecule has 10 nitrogen and oxygen atoms in total. The maximum Gasteiger partial charge on any atom is 0.506 e. The molecule has 2 aliphatic rings. The number of fused-ring (bicyclic) bond motifs is 1. The number of sulfonamides is 1. The third-order valence-corrected chi connectivity index (χ3v) is 9.15. The Bertz CT molecular complexity index is 1230. The molecule has 0 amide bonds. The van der Waals surface area contributed by atoms with Gasteiger partial charge in [0.1, 0.15) is 11.9 Å². The molecule has 2 heterocycles. The van der Waals surface area contributed by atoms with Gasteiger partial charge in [-0.3, -0.25) is 4.90 Å². The summed E-state index contributed by atoms with van der Waals surface area (Å²) in [6.45, 7) is 7.58. The Labute approximate surface area is 230 Å². The summed E-state index contributed by atoms with van der Waals surface area (Å²) in [5.41, 5.74) is 1.72. The van der Waals surface area contributed by atoms with Crippen LogP contribution in [-0.4, -0.2) is 80.8 Å². The van der Waals surface area contributed by atoms with E-state index in [2.05, 4.69) is 4.90 Å². The first kappa shape index (κ1) is 29.0. The monoisotopic (exact) mass is 562 g/mol. The molecule has 4 rings (SSSR count). The molecule has 2 aliphatic heterocycles. The zero-order chi connectivity index (χ0) is 28.2. The third kappa shape index (κ3) is 6.77. The van der Waals surface area contributed by atoms with E-state index in [1.807, 2.05) is 63.2 Å². The molecule has 11 heteroatoms. The van der Waals surface area contributed by atoms with Crippen LogP contribution in [0.25, 0.3) is 0 Å². The number of benzene rings is 2. The third-order valence-electron chi connectivity index (χ3n) is 7.11. The normalized spacial score (nSPS) is 21.0. The van der Waals surface area contributed by atoms with Crippen LogP contribution < -0.4 is 14.2 Å². The van der Waals surface area contributed by atoms with E-state index in [1.54, 1.807) is 11.4 Å². The smallest absolute Gasteiger partial charge is 0.497 e. The lowest BCUT2D eigenvalue weighted by molar-refractivity contribution is 0.0282. The second-order valence-electron chi connectivity index (χ2n) is 10.3. The Morgan fingerprint density at radius 3 is 2.46 bits per heavy atom. The number of methoxy groups -OCH3 is 1. The molecule has 0 saturated carbocycles. The molecule has 0 bridgehead atoms. The standard InChI is InChI=1S/C28H38N2O8S/c1-5-14-39(33,34)30(16-19(2)3)13-12-29-17-23(21-8-11-24-25(15-21)37-18-36-24)27(38-28(31)32)26(29)20-6-9-22(35-4)10-7-20/h6-11,15,19,23,26-27H,5,12-14,16-18H2,1-4H3,(H,31,32)/t23-,26-,27+/m1/s1. The zero-order valence-corrected chi connectivity index (χ0v) is 23.7. The number of carboxylic acid groups (broad SMARTS) is 1. The highest BCUT2D eigenvalue weighted by Crippen LogP contribution is 2.45. The van der Waals surface area contributed by atoms with Gasteiger partial charge in [-0.25, -0.2) is 17.5 Å². The first-order valence-corrected chi connectivity index (χ1v) is 14.9. The minimum atomic E-state index is -3.42. The number of carbonyl (C=O) groups is 1. The first-order chi connectivity index (χ1) is 18.6. The van der Waals surface area contributed by atoms with E-state index < -0.39 is 28.3 Å². The highest BCUT2D eigenvalue weighted by Gasteiger charge is 2.46. The van der Waals surface area contributed by atoms with Gasteiger partial charge in [0.05, 0.1) is 18.9 Å². The number of likely N-dealkylation sites (tertiary alicyclic amines) is 1. The van der Waals surface area contributed by atoms with Crippen LogP contribution in [0.3, 0.4) is 0 Å². The predicted octanol–water partition coefficient (Wildman–Crippen LogP) is 4.33. The van der Waals surface area contributed by atoms with Gasteiger partial charge in [-0.15, -0.1) is 0 Å². The van der Waals surface area contributed by atoms with E-state index >= 15 is 0 Å². The van der Waals surface area contributed by atoms with E-state index in [0.29, 0.717) is 49.8 Å². The molecule has 2 aromatic carbocycles. The van der Waals surface area contributed by atoms with Gasteiger partial charge >= 0.3 is 6.16 Å². The quantitative estimate of drug-likeness (QED) is 0.378. The lowest BCUT2D eigenvalue weighted by Gasteiger charge is -2.31. The molecular weight excluding hydrogens is 524 g/mol. The Hall–Kier alpha value is -3.02. The van der Waals surface area contributed by atoms with Crippen LogP contribution in [0.5, 0.6) is 17.2 Å². The Kier molecular flexibility index (Phi) is 9.24. The fraction of sp³-hybridized carbons (Fsp3) is 0.536. The molecule has 2 aromatic rings. The molecular formula is C28H38N2O8S. The summed E-state index contributed by atoms with van der Waals surface area (Å²) in [4.78, 5) is 14.0. The summed E-state index contributed by atoms with van der Waals surface area (Å²) in [5, 5.41) is 9.72. The van der Waals surface area contributed by atoms with Crippen molar-refractivity contribution in [3.05, 3.63) is 53.6 Å². The van der Waals surface area contributed by atoms with Gasteiger partial charge in [0.25, 0.3) is 0 Å². The zero-order valence-electron chi connectivity index (χ0n) is 22.9. The summed E-state index contributed by atoms with van der Waals surface area (Å²) in [5.74, 6) is 1.87. The van der Waals surface area contributed by atoms with Crippen LogP contribution in [0.1, 0.15) is 50.3 Å². The van der Waals surface area contributed by atoms with Gasteiger partial charge in [0.2, 0.25) is 16.8 Å². The van der Waals surface area contributed by atoms with Crippen molar-refractivity contribution in [2.45, 2.75) is 45.3 Å². The van der Waals surface area contributed by atoms with Crippen LogP contribution in [0, 0.1) is 5.92 Å². The lowest BCUT2D eigenvalue weighted by Crippen LogP contribution is -2.42. The van der Waals surface area contributed by atoms with E-state index in [9.17, 15) is 18.3 Å². The number of hydrogen-bond acceptors (Lipinski definition) is 8. The van der Waals surface area contributed by atoms with Gasteiger partial charge in [0.15, 0.2) is 11.5 Å². The Balaban J connectivity index is 1.69. The van der Waals surface area contributed by atoms with Gasteiger partial charge in [-0.05, 0) is 47.7 Å². The molecule has 0 spiro atoms. The van der Waals surface area contributed by atoms with E-state index in [4.69, 9.17) is 18.9 Å². The molecule has 3 atom stereocenters. The molecule has 1 N–H and O–H groups in total. The van der Waals surface area contributed by atoms with Gasteiger partial charge in [-0.1, -0.05) is 39.0 Å². The fourth-order valence-corrected chi connectivity index (χ4v) is 7.07. The van der Waals surface area contributed by atoms with Gasteiger partial charge in [-0.2, -0.15) is 0 Å². The van der Waals surface area contributed by atoms with E-state index in [0.717, 1.165) is 11.1 Å². The largest absolute Gasteiger partial charge is 0.506 e. The number of hydrogen-bond donors (Lipinski definition) is 1. The van der Waals surface area contributed by atoms with Crippen molar-refractivity contribution in [3.8, 4) is 17.2 Å². The molecule has 0 radical (unpaired) electrons. The van der Waals surface area contributed by atoms with Crippen LogP contribution in [0.4, 0.5) is 4.79 Å². The maximum absolute atomic E-state index is 13.1. The number of ether oxygens (including phenoxy) is 4. The van der Waals surface area contributed by atoms with Crippen LogP contribution >= 0.6 is 0 Å². The van der Waals surface area contributed by atoms with Gasteiger partial charge in [0, 0.05) is 32.1 Å². The molecule has 0 aliphatic carbocycles. The van der Waals surface area contributed by atoms with E-state index in [1.165, 1.54) is 0 Å². The molecule has 1 saturated heterocycles. The topological polar surface area (TPSA) is 115 Å². The minimum absolute atomic E-state index is 0.0895. The van der Waals surface area contributed by atoms with Crippen molar-refractivity contribution >= 4 is 16.2 Å². The van der Waals surface area contributed by atoms with Crippen LogP contribution in [0.15, 0.2) is 42.5 Å². The second kappa shape index (κ2) is 12.4. The highest BCUT2D eigenvalue weighted by molar-refractivity contribution is 7.89. The van der Waals surface area contributed by atoms with Crippen molar-refractivity contribution in [2.24, 2.45) is 5.92 Å². The fourth-order valence-electron chi connectivity index (χ4n) is 5.41. The lowest BCUT2D eigenvalue weighted by atomic mass is 9.90. The summed E-state index contributed by atoms with van der Waals surface area (Å²) in [6.07, 6.45) is -1.56. The van der Waals surface area contributed by atoms with Crippen molar-refractivity contribution < 1.29 is 37.3 Å². The predicted molar refractivity (Wildman–Crippen MR) is 146 cm³/mol. The second-order valence-corrected chi connectivity index (χ2v) is 12.4. The van der Waals surface area contributed by atoms with Crippen molar-refractivity contribution in [2.75, 3.05) is 45.8 Å². The SMILES string of the molecule is CCCS(=O)(=O)N(CCN1C[C@H](c2ccc3c(c2)OCO3)[C@H](OC(=O)O)[C@H]1c1ccc(OC)cc1)CC(C)C.